The maximum absolute atomic E-state index is 13.2. The third-order valence-electron chi connectivity index (χ3n) is 5.29. The summed E-state index contributed by atoms with van der Waals surface area (Å²) >= 11 is 0. The van der Waals surface area contributed by atoms with Crippen LogP contribution in [-0.2, 0) is 16.6 Å². The zero-order valence-corrected chi connectivity index (χ0v) is 20.0. The second-order valence-corrected chi connectivity index (χ2v) is 9.52. The Morgan fingerprint density at radius 2 is 1.77 bits per heavy atom. The number of sulfonamides is 1. The fraction of sp³-hybridized carbons (Fsp3) is 0.160. The van der Waals surface area contributed by atoms with Crippen molar-refractivity contribution >= 4 is 32.5 Å². The number of aromatic amines is 1. The highest BCUT2D eigenvalue weighted by Crippen LogP contribution is 2.24. The molecule has 0 fully saturated rings. The first-order chi connectivity index (χ1) is 16.8. The van der Waals surface area contributed by atoms with Crippen LogP contribution < -0.4 is 15.0 Å². The molecule has 0 saturated heterocycles. The summed E-state index contributed by atoms with van der Waals surface area (Å²) in [6.07, 6.45) is 3.26. The van der Waals surface area contributed by atoms with Crippen LogP contribution in [0.25, 0.3) is 10.9 Å². The lowest BCUT2D eigenvalue weighted by Crippen LogP contribution is -2.27. The zero-order valence-electron chi connectivity index (χ0n) is 19.2. The highest BCUT2D eigenvalue weighted by molar-refractivity contribution is 7.92. The molecule has 180 valence electrons. The molecule has 0 spiro atoms. The number of pyridine rings is 2. The largest absolute Gasteiger partial charge is 0.494 e. The number of hydrogen-bond acceptors (Lipinski definition) is 6. The molecule has 0 aliphatic heterocycles. The van der Waals surface area contributed by atoms with Crippen LogP contribution in [0.15, 0.2) is 82.7 Å². The van der Waals surface area contributed by atoms with Gasteiger partial charge in [0.1, 0.15) is 5.75 Å². The van der Waals surface area contributed by atoms with E-state index in [2.05, 4.69) is 14.7 Å². The van der Waals surface area contributed by atoms with Gasteiger partial charge in [-0.1, -0.05) is 0 Å². The Kier molecular flexibility index (Phi) is 6.83. The van der Waals surface area contributed by atoms with E-state index in [1.165, 1.54) is 29.2 Å². The number of amides is 1. The molecule has 0 aliphatic carbocycles. The molecule has 2 N–H and O–H groups in total. The van der Waals surface area contributed by atoms with Crippen LogP contribution in [0.1, 0.15) is 22.8 Å². The molecule has 2 heterocycles. The van der Waals surface area contributed by atoms with Gasteiger partial charge in [0.05, 0.1) is 17.1 Å². The SMILES string of the molecule is CCOc1ccc(NS(=O)(=O)c2ccc3[nH]c(=O)cc(C(=O)N(C)Cc4ccncc4)c3c2)cc1. The fourth-order valence-corrected chi connectivity index (χ4v) is 4.70. The van der Waals surface area contributed by atoms with Crippen LogP contribution >= 0.6 is 0 Å². The van der Waals surface area contributed by atoms with E-state index in [1.807, 2.05) is 6.92 Å². The summed E-state index contributed by atoms with van der Waals surface area (Å²) in [4.78, 5) is 33.5. The minimum absolute atomic E-state index is 0.0447. The highest BCUT2D eigenvalue weighted by atomic mass is 32.2. The molecule has 4 aromatic rings. The number of anilines is 1. The number of aromatic nitrogens is 2. The summed E-state index contributed by atoms with van der Waals surface area (Å²) in [5.41, 5.74) is 1.24. The molecule has 0 saturated carbocycles. The number of hydrogen-bond donors (Lipinski definition) is 2. The summed E-state index contributed by atoms with van der Waals surface area (Å²) in [6, 6.07) is 15.5. The van der Waals surface area contributed by atoms with E-state index in [0.717, 1.165) is 5.56 Å². The molecule has 0 bridgehead atoms. The minimum atomic E-state index is -3.97. The lowest BCUT2D eigenvalue weighted by molar-refractivity contribution is 0.0786. The van der Waals surface area contributed by atoms with Gasteiger partial charge in [-0.2, -0.15) is 0 Å². The first-order valence-electron chi connectivity index (χ1n) is 10.8. The monoisotopic (exact) mass is 492 g/mol. The van der Waals surface area contributed by atoms with E-state index in [0.29, 0.717) is 35.5 Å². The van der Waals surface area contributed by atoms with Crippen molar-refractivity contribution in [1.82, 2.24) is 14.9 Å². The molecule has 9 nitrogen and oxygen atoms in total. The molecule has 1 amide bonds. The maximum atomic E-state index is 13.2. The minimum Gasteiger partial charge on any atom is -0.494 e. The van der Waals surface area contributed by atoms with E-state index >= 15 is 0 Å². The lowest BCUT2D eigenvalue weighted by Gasteiger charge is -2.18. The Bertz CT molecular complexity index is 1520. The highest BCUT2D eigenvalue weighted by Gasteiger charge is 2.20. The Balaban J connectivity index is 1.67. The van der Waals surface area contributed by atoms with Gasteiger partial charge in [-0.15, -0.1) is 0 Å². The van der Waals surface area contributed by atoms with E-state index < -0.39 is 21.5 Å². The maximum Gasteiger partial charge on any atom is 0.261 e. The van der Waals surface area contributed by atoms with Crippen molar-refractivity contribution in [2.45, 2.75) is 18.4 Å². The predicted molar refractivity (Wildman–Crippen MR) is 133 cm³/mol. The summed E-state index contributed by atoms with van der Waals surface area (Å²) in [6.45, 7) is 2.66. The quantitative estimate of drug-likeness (QED) is 0.389. The molecule has 10 heteroatoms. The van der Waals surface area contributed by atoms with Gasteiger partial charge >= 0.3 is 0 Å². The predicted octanol–water partition coefficient (Wildman–Crippen LogP) is 3.39. The van der Waals surface area contributed by atoms with Crippen LogP contribution in [0.4, 0.5) is 5.69 Å². The molecule has 0 radical (unpaired) electrons. The van der Waals surface area contributed by atoms with Crippen LogP contribution in [0.5, 0.6) is 5.75 Å². The second-order valence-electron chi connectivity index (χ2n) is 7.83. The van der Waals surface area contributed by atoms with Crippen molar-refractivity contribution in [3.63, 3.8) is 0 Å². The topological polar surface area (TPSA) is 121 Å². The Morgan fingerprint density at radius 3 is 2.46 bits per heavy atom. The fourth-order valence-electron chi connectivity index (χ4n) is 3.62. The van der Waals surface area contributed by atoms with Gasteiger partial charge in [-0.3, -0.25) is 19.3 Å². The van der Waals surface area contributed by atoms with Gasteiger partial charge in [0.15, 0.2) is 0 Å². The summed E-state index contributed by atoms with van der Waals surface area (Å²) in [5.74, 6) is 0.219. The Hall–Kier alpha value is -4.18. The summed E-state index contributed by atoms with van der Waals surface area (Å²) in [5, 5.41) is 0.325. The summed E-state index contributed by atoms with van der Waals surface area (Å²) in [7, 11) is -2.35. The molecule has 0 unspecified atom stereocenters. The average molecular weight is 493 g/mol. The number of H-pyrrole nitrogens is 1. The standard InChI is InChI=1S/C25H24N4O5S/c1-3-34-19-6-4-18(5-7-19)28-35(32,33)20-8-9-23-21(14-20)22(15-24(30)27-23)25(31)29(2)16-17-10-12-26-13-11-17/h4-15,28H,3,16H2,1-2H3,(H,27,30). The first-order valence-corrected chi connectivity index (χ1v) is 12.3. The lowest BCUT2D eigenvalue weighted by atomic mass is 10.1. The number of carbonyl (C=O) groups excluding carboxylic acids is 1. The van der Waals surface area contributed by atoms with E-state index in [9.17, 15) is 18.0 Å². The molecule has 0 atom stereocenters. The van der Waals surface area contributed by atoms with Crippen molar-refractivity contribution in [1.29, 1.82) is 0 Å². The van der Waals surface area contributed by atoms with Crippen molar-refractivity contribution < 1.29 is 17.9 Å². The molecule has 0 aliphatic rings. The molecule has 4 rings (SSSR count). The zero-order chi connectivity index (χ0) is 25.0. The number of rotatable bonds is 8. The van der Waals surface area contributed by atoms with Crippen LogP contribution in [0, 0.1) is 0 Å². The van der Waals surface area contributed by atoms with Crippen molar-refractivity contribution in [2.75, 3.05) is 18.4 Å². The van der Waals surface area contributed by atoms with Gasteiger partial charge in [-0.05, 0) is 67.1 Å². The second kappa shape index (κ2) is 9.98. The number of ether oxygens (including phenoxy) is 1. The van der Waals surface area contributed by atoms with Crippen molar-refractivity contribution in [3.05, 3.63) is 94.5 Å². The first kappa shape index (κ1) is 24.0. The summed E-state index contributed by atoms with van der Waals surface area (Å²) < 4.78 is 34.0. The number of carbonyl (C=O) groups is 1. The van der Waals surface area contributed by atoms with Crippen LogP contribution in [0.3, 0.4) is 0 Å². The van der Waals surface area contributed by atoms with Gasteiger partial charge in [0, 0.05) is 48.6 Å². The van der Waals surface area contributed by atoms with Crippen molar-refractivity contribution in [3.8, 4) is 5.75 Å². The van der Waals surface area contributed by atoms with E-state index in [4.69, 9.17) is 4.74 Å². The smallest absolute Gasteiger partial charge is 0.261 e. The number of fused-ring (bicyclic) bond motifs is 1. The van der Waals surface area contributed by atoms with E-state index in [-0.39, 0.29) is 10.5 Å². The van der Waals surface area contributed by atoms with Gasteiger partial charge in [-0.25, -0.2) is 8.42 Å². The number of nitrogens with zero attached hydrogens (tertiary/aromatic N) is 2. The Labute approximate surface area is 202 Å². The molecule has 2 aromatic heterocycles. The van der Waals surface area contributed by atoms with Crippen LogP contribution in [0.2, 0.25) is 0 Å². The van der Waals surface area contributed by atoms with Gasteiger partial charge < -0.3 is 14.6 Å². The van der Waals surface area contributed by atoms with Gasteiger partial charge in [0.25, 0.3) is 15.9 Å². The normalized spacial score (nSPS) is 11.3. The van der Waals surface area contributed by atoms with E-state index in [1.54, 1.807) is 55.8 Å². The third-order valence-corrected chi connectivity index (χ3v) is 6.67. The Morgan fingerprint density at radius 1 is 1.06 bits per heavy atom. The van der Waals surface area contributed by atoms with Crippen molar-refractivity contribution in [2.24, 2.45) is 0 Å². The van der Waals surface area contributed by atoms with Gasteiger partial charge in [0.2, 0.25) is 5.56 Å². The molecule has 2 aromatic carbocycles. The third kappa shape index (κ3) is 5.49. The molecular formula is C25H24N4O5S. The number of benzene rings is 2. The van der Waals surface area contributed by atoms with Crippen LogP contribution in [-0.4, -0.2) is 42.8 Å². The molecular weight excluding hydrogens is 468 g/mol. The number of nitrogens with one attached hydrogen (secondary N) is 2. The molecule has 35 heavy (non-hydrogen) atoms. The average Bonchev–Trinajstić information content (AvgIpc) is 2.84.